The molecule has 0 aliphatic carbocycles. The predicted molar refractivity (Wildman–Crippen MR) is 71.8 cm³/mol. The normalized spacial score (nSPS) is 24.6. The van der Waals surface area contributed by atoms with Crippen molar-refractivity contribution in [1.29, 1.82) is 0 Å². The summed E-state index contributed by atoms with van der Waals surface area (Å²) in [5, 5.41) is 3.72. The van der Waals surface area contributed by atoms with Crippen LogP contribution in [0.5, 0.6) is 0 Å². The number of nitrogens with zero attached hydrogens (tertiary/aromatic N) is 2. The molecule has 3 heterocycles. The molecule has 3 rings (SSSR count). The summed E-state index contributed by atoms with van der Waals surface area (Å²) >= 11 is 3.41. The highest BCUT2D eigenvalue weighted by atomic mass is 79.9. The van der Waals surface area contributed by atoms with Crippen molar-refractivity contribution < 1.29 is 5.32 Å². The van der Waals surface area contributed by atoms with Crippen LogP contribution in [0.1, 0.15) is 13.3 Å². The molecule has 0 spiro atoms. The van der Waals surface area contributed by atoms with Crippen molar-refractivity contribution in [2.45, 2.75) is 25.9 Å². The zero-order valence-corrected chi connectivity index (χ0v) is 11.5. The van der Waals surface area contributed by atoms with Gasteiger partial charge in [-0.2, -0.15) is 0 Å². The molecule has 4 heteroatoms. The molecule has 1 fully saturated rings. The van der Waals surface area contributed by atoms with Crippen LogP contribution in [0, 0.1) is 5.92 Å². The minimum atomic E-state index is 0.786. The molecule has 1 saturated heterocycles. The van der Waals surface area contributed by atoms with Crippen LogP contribution in [0.15, 0.2) is 29.1 Å². The lowest BCUT2D eigenvalue weighted by Gasteiger charge is -2.09. The van der Waals surface area contributed by atoms with Crippen LogP contribution in [-0.2, 0) is 6.54 Å². The second-order valence-corrected chi connectivity index (χ2v) is 5.90. The molecule has 0 aromatic carbocycles. The highest BCUT2D eigenvalue weighted by Gasteiger charge is 2.24. The Morgan fingerprint density at radius 2 is 2.47 bits per heavy atom. The summed E-state index contributed by atoms with van der Waals surface area (Å²) in [4.78, 5) is 4.32. The minimum Gasteiger partial charge on any atom is -0.346 e. The first-order valence-corrected chi connectivity index (χ1v) is 6.95. The lowest BCUT2D eigenvalue weighted by molar-refractivity contribution is -0.668. The number of rotatable bonds is 2. The van der Waals surface area contributed by atoms with Crippen molar-refractivity contribution in [3.63, 3.8) is 0 Å². The Morgan fingerprint density at radius 1 is 1.59 bits per heavy atom. The average Bonchev–Trinajstić information content (AvgIpc) is 2.86. The van der Waals surface area contributed by atoms with Gasteiger partial charge in [0.2, 0.25) is 0 Å². The Hall–Kier alpha value is -0.870. The van der Waals surface area contributed by atoms with Crippen LogP contribution in [0.3, 0.4) is 0 Å². The fraction of sp³-hybridized carbons (Fsp3) is 0.462. The van der Waals surface area contributed by atoms with E-state index in [1.165, 1.54) is 23.9 Å². The quantitative estimate of drug-likeness (QED) is 0.842. The highest BCUT2D eigenvalue weighted by molar-refractivity contribution is 9.10. The Bertz CT molecular complexity index is 534. The van der Waals surface area contributed by atoms with Crippen LogP contribution in [0.2, 0.25) is 0 Å². The van der Waals surface area contributed by atoms with E-state index >= 15 is 0 Å². The van der Waals surface area contributed by atoms with E-state index in [1.54, 1.807) is 0 Å². The molecule has 1 aliphatic heterocycles. The van der Waals surface area contributed by atoms with Crippen molar-refractivity contribution in [1.82, 2.24) is 9.55 Å². The van der Waals surface area contributed by atoms with E-state index in [4.69, 9.17) is 0 Å². The topological polar surface area (TPSA) is 34.4 Å². The maximum Gasteiger partial charge on any atom is 0.106 e. The van der Waals surface area contributed by atoms with Crippen LogP contribution < -0.4 is 5.32 Å². The lowest BCUT2D eigenvalue weighted by atomic mass is 10.1. The van der Waals surface area contributed by atoms with Gasteiger partial charge in [-0.1, -0.05) is 0 Å². The first kappa shape index (κ1) is 11.2. The van der Waals surface area contributed by atoms with Gasteiger partial charge in [0.15, 0.2) is 0 Å². The molecule has 1 unspecified atom stereocenters. The number of fused-ring (bicyclic) bond motifs is 1. The molecule has 3 nitrogen and oxygen atoms in total. The van der Waals surface area contributed by atoms with Gasteiger partial charge in [-0.15, -0.1) is 0 Å². The number of halogens is 1. The van der Waals surface area contributed by atoms with Gasteiger partial charge < -0.3 is 9.88 Å². The number of hydrogen-bond donors (Lipinski definition) is 1. The molecule has 90 valence electrons. The van der Waals surface area contributed by atoms with E-state index in [9.17, 15) is 0 Å². The Morgan fingerprint density at radius 3 is 3.24 bits per heavy atom. The molecule has 2 atom stereocenters. The third-order valence-electron chi connectivity index (χ3n) is 3.66. The maximum absolute atomic E-state index is 4.32. The van der Waals surface area contributed by atoms with Crippen LogP contribution in [-0.4, -0.2) is 22.1 Å². The Balaban J connectivity index is 1.85. The van der Waals surface area contributed by atoms with E-state index in [2.05, 4.69) is 56.1 Å². The van der Waals surface area contributed by atoms with Gasteiger partial charge in [0.1, 0.15) is 4.60 Å². The molecular formula is C13H17BrN3+. The summed E-state index contributed by atoms with van der Waals surface area (Å²) in [7, 11) is 0. The first-order chi connectivity index (χ1) is 8.22. The number of hydrogen-bond acceptors (Lipinski definition) is 1. The second-order valence-electron chi connectivity index (χ2n) is 5.08. The summed E-state index contributed by atoms with van der Waals surface area (Å²) in [6, 6.07) is 5.04. The molecule has 0 bridgehead atoms. The summed E-state index contributed by atoms with van der Waals surface area (Å²) < 4.78 is 3.25. The smallest absolute Gasteiger partial charge is 0.106 e. The fourth-order valence-corrected chi connectivity index (χ4v) is 3.14. The molecule has 0 radical (unpaired) electrons. The highest BCUT2D eigenvalue weighted by Crippen LogP contribution is 2.21. The first-order valence-electron chi connectivity index (χ1n) is 6.16. The Labute approximate surface area is 109 Å². The zero-order valence-electron chi connectivity index (χ0n) is 9.94. The van der Waals surface area contributed by atoms with Gasteiger partial charge in [-0.05, 0) is 35.0 Å². The van der Waals surface area contributed by atoms with Gasteiger partial charge >= 0.3 is 0 Å². The summed E-state index contributed by atoms with van der Waals surface area (Å²) in [6.45, 7) is 4.69. The molecule has 17 heavy (non-hydrogen) atoms. The molecule has 2 N–H and O–H groups in total. The van der Waals surface area contributed by atoms with Crippen molar-refractivity contribution in [2.24, 2.45) is 5.92 Å². The van der Waals surface area contributed by atoms with Gasteiger partial charge in [0.25, 0.3) is 0 Å². The van der Waals surface area contributed by atoms with Gasteiger partial charge in [-0.3, -0.25) is 0 Å². The Kier molecular flexibility index (Phi) is 2.92. The third-order valence-corrected chi connectivity index (χ3v) is 4.09. The molecule has 2 aromatic heterocycles. The van der Waals surface area contributed by atoms with Crippen molar-refractivity contribution in [3.8, 4) is 0 Å². The number of nitrogens with two attached hydrogens (primary N) is 1. The SMILES string of the molecule is C[C@@H]1CC(Cn2ccc3cc(Br)ncc32)C[NH2+]1. The van der Waals surface area contributed by atoms with Crippen molar-refractivity contribution >= 4 is 26.8 Å². The molecule has 0 amide bonds. The second kappa shape index (κ2) is 4.42. The standard InChI is InChI=1S/C13H16BrN3/c1-9-4-10(6-15-9)8-17-3-2-11-5-13(14)16-7-12(11)17/h2-3,5,7,9-10,15H,4,6,8H2,1H3/p+1/t9-,10?/m1/s1. The summed E-state index contributed by atoms with van der Waals surface area (Å²) in [6.07, 6.45) is 5.47. The van der Waals surface area contributed by atoms with E-state index < -0.39 is 0 Å². The van der Waals surface area contributed by atoms with Gasteiger partial charge in [-0.25, -0.2) is 4.98 Å². The number of pyridine rings is 1. The monoisotopic (exact) mass is 294 g/mol. The summed E-state index contributed by atoms with van der Waals surface area (Å²) in [5.41, 5.74) is 1.24. The fourth-order valence-electron chi connectivity index (χ4n) is 2.79. The average molecular weight is 295 g/mol. The number of quaternary nitrogens is 1. The van der Waals surface area contributed by atoms with Crippen LogP contribution in [0.25, 0.3) is 10.9 Å². The minimum absolute atomic E-state index is 0.786. The van der Waals surface area contributed by atoms with Gasteiger partial charge in [0.05, 0.1) is 24.3 Å². The van der Waals surface area contributed by atoms with Crippen LogP contribution >= 0.6 is 15.9 Å². The molecule has 2 aromatic rings. The van der Waals surface area contributed by atoms with E-state index in [1.807, 2.05) is 6.20 Å². The van der Waals surface area contributed by atoms with Crippen molar-refractivity contribution in [2.75, 3.05) is 6.54 Å². The lowest BCUT2D eigenvalue weighted by Crippen LogP contribution is -2.86. The molecule has 0 saturated carbocycles. The van der Waals surface area contributed by atoms with E-state index in [0.717, 1.165) is 23.1 Å². The van der Waals surface area contributed by atoms with E-state index in [0.29, 0.717) is 0 Å². The molecular weight excluding hydrogens is 278 g/mol. The third kappa shape index (κ3) is 2.24. The zero-order chi connectivity index (χ0) is 11.8. The van der Waals surface area contributed by atoms with Crippen molar-refractivity contribution in [3.05, 3.63) is 29.1 Å². The van der Waals surface area contributed by atoms with E-state index in [-0.39, 0.29) is 0 Å². The van der Waals surface area contributed by atoms with Gasteiger partial charge in [0, 0.05) is 30.5 Å². The maximum atomic E-state index is 4.32. The predicted octanol–water partition coefficient (Wildman–Crippen LogP) is 1.77. The van der Waals surface area contributed by atoms with Crippen LogP contribution in [0.4, 0.5) is 0 Å². The molecule has 1 aliphatic rings. The number of aromatic nitrogens is 2. The largest absolute Gasteiger partial charge is 0.346 e. The summed E-state index contributed by atoms with van der Waals surface area (Å²) in [5.74, 6) is 0.796.